The molecule has 2 atom stereocenters. The molecule has 1 N–H and O–H groups in total. The maximum absolute atomic E-state index is 13.2. The van der Waals surface area contributed by atoms with Gasteiger partial charge in [-0.1, -0.05) is 13.8 Å². The highest BCUT2D eigenvalue weighted by Gasteiger charge is 2.25. The van der Waals surface area contributed by atoms with Crippen LogP contribution in [0.15, 0.2) is 34.4 Å². The lowest BCUT2D eigenvalue weighted by Gasteiger charge is -2.18. The summed E-state index contributed by atoms with van der Waals surface area (Å²) in [6.07, 6.45) is 6.82. The molecule has 0 saturated heterocycles. The van der Waals surface area contributed by atoms with Crippen molar-refractivity contribution in [2.75, 3.05) is 13.7 Å². The van der Waals surface area contributed by atoms with Crippen LogP contribution in [0.1, 0.15) is 55.7 Å². The van der Waals surface area contributed by atoms with Crippen LogP contribution in [0.3, 0.4) is 0 Å². The van der Waals surface area contributed by atoms with Crippen LogP contribution in [0.4, 0.5) is 0 Å². The lowest BCUT2D eigenvalue weighted by molar-refractivity contribution is -0.123. The van der Waals surface area contributed by atoms with E-state index >= 15 is 0 Å². The van der Waals surface area contributed by atoms with Gasteiger partial charge in [0.25, 0.3) is 11.5 Å². The minimum absolute atomic E-state index is 0.170. The molecule has 4 rings (SSSR count). The summed E-state index contributed by atoms with van der Waals surface area (Å²) in [6, 6.07) is 4.67. The maximum atomic E-state index is 13.2. The van der Waals surface area contributed by atoms with Gasteiger partial charge in [0.1, 0.15) is 10.9 Å². The second-order valence-corrected chi connectivity index (χ2v) is 9.74. The molecule has 2 heterocycles. The van der Waals surface area contributed by atoms with Gasteiger partial charge < -0.3 is 9.47 Å². The molecule has 1 aliphatic rings. The number of rotatable bonds is 8. The van der Waals surface area contributed by atoms with Crippen molar-refractivity contribution >= 4 is 33.7 Å². The van der Waals surface area contributed by atoms with Gasteiger partial charge in [-0.25, -0.2) is 10.4 Å². The zero-order valence-corrected chi connectivity index (χ0v) is 20.8. The van der Waals surface area contributed by atoms with E-state index in [4.69, 9.17) is 9.47 Å². The van der Waals surface area contributed by atoms with Gasteiger partial charge in [0.15, 0.2) is 11.5 Å². The highest BCUT2D eigenvalue weighted by molar-refractivity contribution is 7.18. The number of nitrogens with zero attached hydrogens (tertiary/aromatic N) is 3. The molecule has 0 bridgehead atoms. The van der Waals surface area contributed by atoms with Gasteiger partial charge in [0, 0.05) is 4.88 Å². The lowest BCUT2D eigenvalue weighted by Crippen LogP contribution is -2.34. The van der Waals surface area contributed by atoms with Crippen molar-refractivity contribution in [2.24, 2.45) is 11.0 Å². The second-order valence-electron chi connectivity index (χ2n) is 8.66. The summed E-state index contributed by atoms with van der Waals surface area (Å²) in [5, 5.41) is 4.72. The third kappa shape index (κ3) is 4.84. The summed E-state index contributed by atoms with van der Waals surface area (Å²) in [4.78, 5) is 32.5. The van der Waals surface area contributed by atoms with E-state index in [9.17, 15) is 9.59 Å². The van der Waals surface area contributed by atoms with Crippen LogP contribution in [0.25, 0.3) is 10.2 Å². The highest BCUT2D eigenvalue weighted by Crippen LogP contribution is 2.35. The minimum Gasteiger partial charge on any atom is -0.493 e. The number of fused-ring (bicyclic) bond motifs is 3. The van der Waals surface area contributed by atoms with Crippen molar-refractivity contribution in [3.8, 4) is 11.5 Å². The van der Waals surface area contributed by atoms with Gasteiger partial charge >= 0.3 is 0 Å². The average Bonchev–Trinajstić information content (AvgIpc) is 3.21. The SMILES string of the molecule is CCCOc1ccc(/C=N/NC(=O)C(C)n2cnc3sc4c(c3c2=O)CCC(C)C4)cc1OC. The van der Waals surface area contributed by atoms with Gasteiger partial charge in [-0.2, -0.15) is 5.10 Å². The molecule has 8 nitrogen and oxygen atoms in total. The Morgan fingerprint density at radius 3 is 3.00 bits per heavy atom. The van der Waals surface area contributed by atoms with Gasteiger partial charge in [-0.15, -0.1) is 11.3 Å². The van der Waals surface area contributed by atoms with E-state index < -0.39 is 11.9 Å². The van der Waals surface area contributed by atoms with Gasteiger partial charge in [0.05, 0.1) is 31.6 Å². The third-order valence-electron chi connectivity index (χ3n) is 6.08. The Bertz CT molecular complexity index is 1280. The molecule has 0 spiro atoms. The number of carbonyl (C=O) groups is 1. The molecule has 3 aromatic rings. The fraction of sp³-hybridized carbons (Fsp3) is 0.440. The predicted octanol–water partition coefficient (Wildman–Crippen LogP) is 4.09. The summed E-state index contributed by atoms with van der Waals surface area (Å²) in [6.45, 7) is 6.54. The standard InChI is InChI=1S/C25H30N4O4S/c1-5-10-33-19-9-7-17(12-20(19)32-4)13-27-28-23(30)16(3)29-14-26-24-22(25(29)31)18-8-6-15(2)11-21(18)34-24/h7,9,12-16H,5-6,8,10-11H2,1-4H3,(H,28,30)/b27-13+. The second kappa shape index (κ2) is 10.4. The summed E-state index contributed by atoms with van der Waals surface area (Å²) >= 11 is 1.60. The molecule has 0 aliphatic heterocycles. The fourth-order valence-electron chi connectivity index (χ4n) is 4.11. The molecular formula is C25H30N4O4S. The first-order valence-corrected chi connectivity index (χ1v) is 12.4. The van der Waals surface area contributed by atoms with Crippen molar-refractivity contribution < 1.29 is 14.3 Å². The van der Waals surface area contributed by atoms with Crippen LogP contribution < -0.4 is 20.5 Å². The molecule has 1 aromatic carbocycles. The van der Waals surface area contributed by atoms with Crippen molar-refractivity contribution in [1.82, 2.24) is 15.0 Å². The van der Waals surface area contributed by atoms with Crippen LogP contribution in [0, 0.1) is 5.92 Å². The van der Waals surface area contributed by atoms with Crippen LogP contribution in [-0.2, 0) is 17.6 Å². The molecule has 0 radical (unpaired) electrons. The summed E-state index contributed by atoms with van der Waals surface area (Å²) in [5.41, 5.74) is 4.21. The largest absolute Gasteiger partial charge is 0.493 e. The quantitative estimate of drug-likeness (QED) is 0.385. The number of amides is 1. The number of methoxy groups -OCH3 is 1. The third-order valence-corrected chi connectivity index (χ3v) is 7.24. The lowest BCUT2D eigenvalue weighted by atomic mass is 9.89. The number of nitrogens with one attached hydrogen (secondary N) is 1. The van der Waals surface area contributed by atoms with E-state index in [-0.39, 0.29) is 5.56 Å². The number of hydrazone groups is 1. The van der Waals surface area contributed by atoms with Gasteiger partial charge in [0.2, 0.25) is 0 Å². The summed E-state index contributed by atoms with van der Waals surface area (Å²) < 4.78 is 12.4. The van der Waals surface area contributed by atoms with E-state index in [1.807, 2.05) is 19.1 Å². The van der Waals surface area contributed by atoms with Crippen LogP contribution in [0.2, 0.25) is 0 Å². The number of ether oxygens (including phenoxy) is 2. The van der Waals surface area contributed by atoms with E-state index in [0.717, 1.165) is 41.6 Å². The molecule has 1 aliphatic carbocycles. The number of aromatic nitrogens is 2. The van der Waals surface area contributed by atoms with E-state index in [2.05, 4.69) is 22.4 Å². The van der Waals surface area contributed by atoms with Crippen LogP contribution in [-0.4, -0.2) is 35.4 Å². The number of hydrogen-bond acceptors (Lipinski definition) is 7. The number of carbonyl (C=O) groups excluding carboxylic acids is 1. The van der Waals surface area contributed by atoms with E-state index in [1.54, 1.807) is 31.4 Å². The van der Waals surface area contributed by atoms with Gasteiger partial charge in [-0.3, -0.25) is 14.2 Å². The van der Waals surface area contributed by atoms with Crippen molar-refractivity contribution in [2.45, 2.75) is 52.5 Å². The van der Waals surface area contributed by atoms with Crippen LogP contribution >= 0.6 is 11.3 Å². The number of hydrogen-bond donors (Lipinski definition) is 1. The molecule has 0 fully saturated rings. The smallest absolute Gasteiger partial charge is 0.263 e. The van der Waals surface area contributed by atoms with Crippen molar-refractivity contribution in [1.29, 1.82) is 0 Å². The minimum atomic E-state index is -0.751. The molecule has 0 saturated carbocycles. The predicted molar refractivity (Wildman–Crippen MR) is 134 cm³/mol. The number of aryl methyl sites for hydroxylation is 1. The number of benzene rings is 1. The van der Waals surface area contributed by atoms with Crippen molar-refractivity contribution in [3.05, 3.63) is 50.9 Å². The van der Waals surface area contributed by atoms with E-state index in [0.29, 0.717) is 29.4 Å². The van der Waals surface area contributed by atoms with Crippen molar-refractivity contribution in [3.63, 3.8) is 0 Å². The van der Waals surface area contributed by atoms with Gasteiger partial charge in [-0.05, 0) is 67.9 Å². The first-order chi connectivity index (χ1) is 16.4. The molecule has 1 amide bonds. The monoisotopic (exact) mass is 482 g/mol. The zero-order valence-electron chi connectivity index (χ0n) is 20.0. The normalized spacial score (nSPS) is 16.4. The zero-order chi connectivity index (χ0) is 24.2. The first-order valence-electron chi connectivity index (χ1n) is 11.6. The van der Waals surface area contributed by atoms with Crippen LogP contribution in [0.5, 0.6) is 11.5 Å². The fourth-order valence-corrected chi connectivity index (χ4v) is 5.45. The average molecular weight is 483 g/mol. The summed E-state index contributed by atoms with van der Waals surface area (Å²) in [5.74, 6) is 1.47. The molecule has 9 heteroatoms. The topological polar surface area (TPSA) is 94.8 Å². The first kappa shape index (κ1) is 23.9. The summed E-state index contributed by atoms with van der Waals surface area (Å²) in [7, 11) is 1.58. The number of thiophene rings is 1. The molecular weight excluding hydrogens is 452 g/mol. The Hall–Kier alpha value is -3.20. The Labute approximate surface area is 202 Å². The Morgan fingerprint density at radius 2 is 2.24 bits per heavy atom. The maximum Gasteiger partial charge on any atom is 0.263 e. The highest BCUT2D eigenvalue weighted by atomic mass is 32.1. The van der Waals surface area contributed by atoms with E-state index in [1.165, 1.54) is 22.0 Å². The molecule has 2 unspecified atom stereocenters. The molecule has 2 aromatic heterocycles. The Morgan fingerprint density at radius 1 is 1.41 bits per heavy atom. The molecule has 34 heavy (non-hydrogen) atoms. The Balaban J connectivity index is 1.48. The Kier molecular flexibility index (Phi) is 7.31. The molecule has 180 valence electrons.